The molecule has 3 saturated heterocycles. The molecule has 5 rings (SSSR count). The summed E-state index contributed by atoms with van der Waals surface area (Å²) in [7, 11) is 0. The van der Waals surface area contributed by atoms with Crippen molar-refractivity contribution in [3.05, 3.63) is 59.7 Å². The van der Waals surface area contributed by atoms with E-state index in [1.165, 1.54) is 17.0 Å². The third-order valence-electron chi connectivity index (χ3n) is 8.81. The van der Waals surface area contributed by atoms with Gasteiger partial charge in [0.25, 0.3) is 0 Å². The molecule has 0 aromatic heterocycles. The molecule has 3 heterocycles. The van der Waals surface area contributed by atoms with Crippen LogP contribution in [0.15, 0.2) is 48.5 Å². The van der Waals surface area contributed by atoms with Crippen molar-refractivity contribution in [3.63, 3.8) is 0 Å². The Morgan fingerprint density at radius 1 is 0.812 bits per heavy atom. The molecule has 0 saturated carbocycles. The molecular formula is C35H51ClN3NaO8. The summed E-state index contributed by atoms with van der Waals surface area (Å²) in [5, 5.41) is 20.2. The molecule has 2 unspecified atom stereocenters. The van der Waals surface area contributed by atoms with Crippen molar-refractivity contribution in [1.82, 2.24) is 5.06 Å². The molecule has 2 aromatic rings. The number of ether oxygens (including phenoxy) is 2. The third kappa shape index (κ3) is 12.6. The summed E-state index contributed by atoms with van der Waals surface area (Å²) in [6, 6.07) is 15.5. The van der Waals surface area contributed by atoms with Gasteiger partial charge < -0.3 is 29.2 Å². The number of hydrogen-bond acceptors (Lipinski definition) is 9. The normalized spacial score (nSPS) is 19.0. The van der Waals surface area contributed by atoms with Crippen molar-refractivity contribution in [1.29, 1.82) is 0 Å². The van der Waals surface area contributed by atoms with Crippen LogP contribution in [0.1, 0.15) is 96.6 Å². The van der Waals surface area contributed by atoms with Crippen LogP contribution in [0.25, 0.3) is 0 Å². The largest absolute Gasteiger partial charge is 1.00 e. The number of carbonyl (C=O) groups excluding carboxylic acids is 3. The monoisotopic (exact) mass is 699 g/mol. The number of anilines is 2. The molecule has 11 nitrogen and oxygen atoms in total. The van der Waals surface area contributed by atoms with Crippen LogP contribution in [-0.2, 0) is 14.3 Å². The van der Waals surface area contributed by atoms with Gasteiger partial charge in [-0.3, -0.25) is 9.80 Å². The molecule has 0 radical (unpaired) electrons. The number of aliphatic hydroxyl groups is 1. The molecule has 3 aliphatic rings. The second-order valence-electron chi connectivity index (χ2n) is 13.2. The number of benzene rings is 2. The minimum absolute atomic E-state index is 0. The van der Waals surface area contributed by atoms with Gasteiger partial charge in [0.1, 0.15) is 19.5 Å². The molecule has 0 aliphatic carbocycles. The average molecular weight is 700 g/mol. The number of halogens is 1. The van der Waals surface area contributed by atoms with E-state index in [2.05, 4.69) is 46.5 Å². The average Bonchev–Trinajstić information content (AvgIpc) is 3.69. The third-order valence-corrected chi connectivity index (χ3v) is 8.81. The summed E-state index contributed by atoms with van der Waals surface area (Å²) >= 11 is 3.39. The van der Waals surface area contributed by atoms with E-state index in [-0.39, 0.29) is 65.3 Å². The maximum atomic E-state index is 11.4. The number of rotatable bonds is 8. The molecule has 3 fully saturated rings. The number of hydroxylamine groups is 2. The summed E-state index contributed by atoms with van der Waals surface area (Å²) in [6.07, 6.45) is 5.03. The zero-order chi connectivity index (χ0) is 35.2. The van der Waals surface area contributed by atoms with E-state index in [1.54, 1.807) is 9.80 Å². The quantitative estimate of drug-likeness (QED) is 0.313. The van der Waals surface area contributed by atoms with Gasteiger partial charge in [-0.15, -0.1) is 0 Å². The maximum absolute atomic E-state index is 11.4. The van der Waals surface area contributed by atoms with Gasteiger partial charge in [0.2, 0.25) is 0 Å². The topological polar surface area (TPSA) is 143 Å². The van der Waals surface area contributed by atoms with Crippen LogP contribution in [-0.4, -0.2) is 77.8 Å². The van der Waals surface area contributed by atoms with Crippen LogP contribution in [0.4, 0.5) is 21.0 Å². The minimum atomic E-state index is -0.293. The number of aldehydes is 1. The second kappa shape index (κ2) is 21.1. The predicted molar refractivity (Wildman–Crippen MR) is 181 cm³/mol. The fourth-order valence-electron chi connectivity index (χ4n) is 5.85. The van der Waals surface area contributed by atoms with Crippen molar-refractivity contribution in [2.24, 2.45) is 0 Å². The molecule has 2 amide bonds. The van der Waals surface area contributed by atoms with E-state index in [0.717, 1.165) is 42.5 Å². The van der Waals surface area contributed by atoms with Crippen molar-refractivity contribution >= 4 is 41.7 Å². The van der Waals surface area contributed by atoms with E-state index < -0.39 is 0 Å². The number of carbonyl (C=O) groups is 3. The number of piperidine rings is 1. The van der Waals surface area contributed by atoms with Gasteiger partial charge in [0.05, 0.1) is 13.1 Å². The number of nitrogens with zero attached hydrogens (tertiary/aromatic N) is 3. The summed E-state index contributed by atoms with van der Waals surface area (Å²) in [6.45, 7) is 14.8. The SMILES string of the molecule is CC(CC=O)c1ccc(N2CCOC2=O)cc1.CC(CCO)c1ccc(N2CCOC2=O)cc1.CC1(C)CCCC(C)(C)N1O.[Na+].[O-]Cl. The Balaban J connectivity index is 0.000000355. The fourth-order valence-corrected chi connectivity index (χ4v) is 5.85. The minimum Gasteiger partial charge on any atom is -0.769 e. The number of amides is 2. The maximum Gasteiger partial charge on any atom is 1.00 e. The van der Waals surface area contributed by atoms with Crippen molar-refractivity contribution in [3.8, 4) is 0 Å². The van der Waals surface area contributed by atoms with Crippen LogP contribution in [0, 0.1) is 0 Å². The smallest absolute Gasteiger partial charge is 0.769 e. The van der Waals surface area contributed by atoms with Gasteiger partial charge in [0, 0.05) is 35.5 Å². The van der Waals surface area contributed by atoms with Gasteiger partial charge in [-0.05, 0) is 101 Å². The van der Waals surface area contributed by atoms with Gasteiger partial charge in [0.15, 0.2) is 0 Å². The van der Waals surface area contributed by atoms with E-state index in [1.807, 2.05) is 55.5 Å². The van der Waals surface area contributed by atoms with Crippen LogP contribution in [0.2, 0.25) is 0 Å². The Labute approximate surface area is 312 Å². The van der Waals surface area contributed by atoms with Crippen LogP contribution in [0.5, 0.6) is 0 Å². The van der Waals surface area contributed by atoms with E-state index in [9.17, 15) is 19.6 Å². The summed E-state index contributed by atoms with van der Waals surface area (Å²) in [5.41, 5.74) is 3.91. The summed E-state index contributed by atoms with van der Waals surface area (Å²) in [5.74, 6) is 0.548. The molecule has 2 N–H and O–H groups in total. The summed E-state index contributed by atoms with van der Waals surface area (Å²) < 4.78 is 17.5. The molecule has 48 heavy (non-hydrogen) atoms. The van der Waals surface area contributed by atoms with E-state index >= 15 is 0 Å². The van der Waals surface area contributed by atoms with E-state index in [0.29, 0.717) is 38.6 Å². The first-order valence-corrected chi connectivity index (χ1v) is 16.4. The van der Waals surface area contributed by atoms with Crippen molar-refractivity contribution < 1.29 is 68.4 Å². The molecule has 2 atom stereocenters. The summed E-state index contributed by atoms with van der Waals surface area (Å²) in [4.78, 5) is 36.4. The zero-order valence-corrected chi connectivity index (χ0v) is 32.2. The Hall–Kier alpha value is -2.22. The molecule has 13 heteroatoms. The Morgan fingerprint density at radius 2 is 1.21 bits per heavy atom. The van der Waals surface area contributed by atoms with Crippen LogP contribution in [0.3, 0.4) is 0 Å². The molecule has 2 aromatic carbocycles. The first kappa shape index (κ1) is 43.8. The molecule has 3 aliphatic heterocycles. The number of hydrogen-bond donors (Lipinski definition) is 2. The van der Waals surface area contributed by atoms with Crippen molar-refractivity contribution in [2.75, 3.05) is 42.7 Å². The van der Waals surface area contributed by atoms with Gasteiger partial charge >= 0.3 is 41.7 Å². The van der Waals surface area contributed by atoms with Gasteiger partial charge in [-0.25, -0.2) is 21.5 Å². The van der Waals surface area contributed by atoms with Gasteiger partial charge in [-0.1, -0.05) is 38.1 Å². The Morgan fingerprint density at radius 3 is 1.52 bits per heavy atom. The Kier molecular flexibility index (Phi) is 19.3. The second-order valence-corrected chi connectivity index (χ2v) is 13.2. The standard InChI is InChI=1S/C13H17NO3.C13H15NO3.C9H19NO.ClO.Na/c2*1-10(6-8-15)11-2-4-12(5-3-11)14-7-9-17-13(14)16;1-8(2)6-5-7-9(3,4)10(8)11;1-2;/h2-5,10,15H,6-9H2,1H3;2-5,8,10H,6-7,9H2,1H3;11H,5-7H2,1-4H3;;/q;;;-1;+1. The number of aliphatic hydroxyl groups excluding tert-OH is 1. The fraction of sp³-hybridized carbons (Fsp3) is 0.571. The zero-order valence-electron chi connectivity index (χ0n) is 29.5. The number of cyclic esters (lactones) is 2. The molecule has 0 bridgehead atoms. The first-order chi connectivity index (χ1) is 22.3. The predicted octanol–water partition coefficient (Wildman–Crippen LogP) is 3.39. The van der Waals surface area contributed by atoms with Gasteiger partial charge in [-0.2, -0.15) is 5.06 Å². The Bertz CT molecular complexity index is 1250. The van der Waals surface area contributed by atoms with E-state index in [4.69, 9.17) is 19.2 Å². The van der Waals surface area contributed by atoms with Crippen LogP contribution < -0.4 is 44.0 Å². The van der Waals surface area contributed by atoms with Crippen molar-refractivity contribution in [2.45, 2.75) is 96.6 Å². The first-order valence-electron chi connectivity index (χ1n) is 16.1. The molecule has 0 spiro atoms. The molecular weight excluding hydrogens is 649 g/mol. The van der Waals surface area contributed by atoms with Crippen LogP contribution >= 0.6 is 11.9 Å². The molecule has 262 valence electrons.